The van der Waals surface area contributed by atoms with E-state index in [9.17, 15) is 9.18 Å². The largest absolute Gasteiger partial charge is 0.346 e. The van der Waals surface area contributed by atoms with Crippen molar-refractivity contribution in [1.82, 2.24) is 15.3 Å². The van der Waals surface area contributed by atoms with E-state index in [1.54, 1.807) is 12.4 Å². The molecule has 4 nitrogen and oxygen atoms in total. The van der Waals surface area contributed by atoms with Gasteiger partial charge in [-0.15, -0.1) is 0 Å². The lowest BCUT2D eigenvalue weighted by Crippen LogP contribution is -2.24. The van der Waals surface area contributed by atoms with Crippen LogP contribution in [-0.2, 0) is 6.54 Å². The van der Waals surface area contributed by atoms with Crippen LogP contribution in [-0.4, -0.2) is 15.9 Å². The summed E-state index contributed by atoms with van der Waals surface area (Å²) in [6.07, 6.45) is 3.16. The Bertz CT molecular complexity index is 601. The number of halogens is 2. The van der Waals surface area contributed by atoms with Gasteiger partial charge in [-0.05, 0) is 25.1 Å². The zero-order valence-corrected chi connectivity index (χ0v) is 10.9. The number of aryl methyl sites for hydroxylation is 1. The molecule has 2 rings (SSSR count). The molecule has 2 aromatic rings. The Balaban J connectivity index is 2.05. The number of hydrogen-bond acceptors (Lipinski definition) is 3. The molecular weight excluding hydrogens is 269 g/mol. The molecule has 0 saturated heterocycles. The van der Waals surface area contributed by atoms with Crippen molar-refractivity contribution in [3.05, 3.63) is 58.4 Å². The first-order valence-corrected chi connectivity index (χ1v) is 5.95. The van der Waals surface area contributed by atoms with Gasteiger partial charge < -0.3 is 5.32 Å². The lowest BCUT2D eigenvalue weighted by molar-refractivity contribution is 0.0946. The number of nitrogens with zero attached hydrogens (tertiary/aromatic N) is 2. The van der Waals surface area contributed by atoms with E-state index in [4.69, 9.17) is 11.6 Å². The van der Waals surface area contributed by atoms with Gasteiger partial charge in [-0.2, -0.15) is 0 Å². The Hall–Kier alpha value is -2.01. The number of amides is 1. The van der Waals surface area contributed by atoms with Crippen LogP contribution in [0.3, 0.4) is 0 Å². The Morgan fingerprint density at radius 1 is 1.37 bits per heavy atom. The molecule has 1 heterocycles. The molecule has 98 valence electrons. The van der Waals surface area contributed by atoms with Crippen molar-refractivity contribution >= 4 is 17.5 Å². The molecule has 0 radical (unpaired) electrons. The van der Waals surface area contributed by atoms with Gasteiger partial charge in [-0.1, -0.05) is 11.6 Å². The molecule has 6 heteroatoms. The third-order valence-corrected chi connectivity index (χ3v) is 2.67. The predicted octanol–water partition coefficient (Wildman–Crippen LogP) is 2.51. The molecule has 1 amide bonds. The second-order valence-corrected chi connectivity index (χ2v) is 4.39. The van der Waals surface area contributed by atoms with E-state index in [0.29, 0.717) is 10.7 Å². The SMILES string of the molecule is Cc1cnc(CNC(=O)c2cc(Cl)ccc2F)cn1. The fourth-order valence-corrected chi connectivity index (χ4v) is 1.62. The van der Waals surface area contributed by atoms with Crippen LogP contribution in [0.1, 0.15) is 21.7 Å². The molecule has 0 aliphatic rings. The van der Waals surface area contributed by atoms with E-state index >= 15 is 0 Å². The first-order valence-electron chi connectivity index (χ1n) is 5.57. The lowest BCUT2D eigenvalue weighted by atomic mass is 10.2. The van der Waals surface area contributed by atoms with Crippen molar-refractivity contribution in [2.24, 2.45) is 0 Å². The van der Waals surface area contributed by atoms with Crippen molar-refractivity contribution in [2.75, 3.05) is 0 Å². The maximum atomic E-state index is 13.5. The van der Waals surface area contributed by atoms with E-state index in [2.05, 4.69) is 15.3 Å². The van der Waals surface area contributed by atoms with Crippen molar-refractivity contribution in [2.45, 2.75) is 13.5 Å². The minimum atomic E-state index is -0.614. The summed E-state index contributed by atoms with van der Waals surface area (Å²) >= 11 is 5.73. The minimum absolute atomic E-state index is 0.0902. The standard InChI is InChI=1S/C13H11ClFN3O/c1-8-5-17-10(6-16-8)7-18-13(19)11-4-9(14)2-3-12(11)15/h2-6H,7H2,1H3,(H,18,19). The molecule has 1 aromatic carbocycles. The van der Waals surface area contributed by atoms with E-state index in [-0.39, 0.29) is 12.1 Å². The Morgan fingerprint density at radius 2 is 2.16 bits per heavy atom. The fraction of sp³-hybridized carbons (Fsp3) is 0.154. The van der Waals surface area contributed by atoms with Gasteiger partial charge in [-0.25, -0.2) is 4.39 Å². The monoisotopic (exact) mass is 279 g/mol. The van der Waals surface area contributed by atoms with Crippen LogP contribution in [0.5, 0.6) is 0 Å². The van der Waals surface area contributed by atoms with Crippen LogP contribution in [0.2, 0.25) is 5.02 Å². The summed E-state index contributed by atoms with van der Waals surface area (Å²) in [5.41, 5.74) is 1.30. The first kappa shape index (κ1) is 13.4. The van der Waals surface area contributed by atoms with Gasteiger partial charge in [-0.3, -0.25) is 14.8 Å². The molecule has 0 saturated carbocycles. The van der Waals surface area contributed by atoms with Gasteiger partial charge in [0.25, 0.3) is 5.91 Å². The summed E-state index contributed by atoms with van der Waals surface area (Å²) in [5, 5.41) is 2.87. The minimum Gasteiger partial charge on any atom is -0.346 e. The topological polar surface area (TPSA) is 54.9 Å². The molecule has 0 aliphatic carbocycles. The zero-order valence-electron chi connectivity index (χ0n) is 10.2. The molecule has 0 unspecified atom stereocenters. The number of benzene rings is 1. The van der Waals surface area contributed by atoms with E-state index in [1.807, 2.05) is 6.92 Å². The van der Waals surface area contributed by atoms with Crippen LogP contribution in [0.25, 0.3) is 0 Å². The maximum absolute atomic E-state index is 13.5. The van der Waals surface area contributed by atoms with Gasteiger partial charge in [0.15, 0.2) is 0 Å². The van der Waals surface area contributed by atoms with Crippen LogP contribution < -0.4 is 5.32 Å². The summed E-state index contributed by atoms with van der Waals surface area (Å²) in [5.74, 6) is -1.15. The van der Waals surface area contributed by atoms with Gasteiger partial charge in [0.05, 0.1) is 29.7 Å². The van der Waals surface area contributed by atoms with Crippen LogP contribution in [0, 0.1) is 12.7 Å². The average Bonchev–Trinajstić information content (AvgIpc) is 2.40. The molecule has 1 N–H and O–H groups in total. The van der Waals surface area contributed by atoms with Crippen molar-refractivity contribution in [1.29, 1.82) is 0 Å². The van der Waals surface area contributed by atoms with Gasteiger partial charge >= 0.3 is 0 Å². The summed E-state index contributed by atoms with van der Waals surface area (Å²) in [6, 6.07) is 3.83. The van der Waals surface area contributed by atoms with Gasteiger partial charge in [0.2, 0.25) is 0 Å². The lowest BCUT2D eigenvalue weighted by Gasteiger charge is -2.06. The highest BCUT2D eigenvalue weighted by atomic mass is 35.5. The highest BCUT2D eigenvalue weighted by molar-refractivity contribution is 6.30. The molecule has 0 atom stereocenters. The molecular formula is C13H11ClFN3O. The number of carbonyl (C=O) groups excluding carboxylic acids is 1. The molecule has 0 spiro atoms. The first-order chi connectivity index (χ1) is 9.06. The Kier molecular flexibility index (Phi) is 4.06. The normalized spacial score (nSPS) is 10.3. The van der Waals surface area contributed by atoms with Crippen LogP contribution in [0.15, 0.2) is 30.6 Å². The highest BCUT2D eigenvalue weighted by Crippen LogP contribution is 2.14. The van der Waals surface area contributed by atoms with E-state index in [0.717, 1.165) is 11.8 Å². The van der Waals surface area contributed by atoms with Crippen molar-refractivity contribution in [3.63, 3.8) is 0 Å². The number of aromatic nitrogens is 2. The zero-order chi connectivity index (χ0) is 13.8. The fourth-order valence-electron chi connectivity index (χ4n) is 1.45. The Morgan fingerprint density at radius 3 is 2.84 bits per heavy atom. The summed E-state index contributed by atoms with van der Waals surface area (Å²) in [4.78, 5) is 19.9. The smallest absolute Gasteiger partial charge is 0.254 e. The van der Waals surface area contributed by atoms with Crippen molar-refractivity contribution < 1.29 is 9.18 Å². The number of rotatable bonds is 3. The number of nitrogens with one attached hydrogen (secondary N) is 1. The third kappa shape index (κ3) is 3.48. The van der Waals surface area contributed by atoms with Gasteiger partial charge in [0, 0.05) is 11.2 Å². The number of carbonyl (C=O) groups is 1. The molecule has 19 heavy (non-hydrogen) atoms. The third-order valence-electron chi connectivity index (χ3n) is 2.44. The average molecular weight is 280 g/mol. The molecule has 0 fully saturated rings. The van der Waals surface area contributed by atoms with Crippen LogP contribution in [0.4, 0.5) is 4.39 Å². The molecule has 0 aliphatic heterocycles. The Labute approximate surface area is 114 Å². The molecule has 0 bridgehead atoms. The quantitative estimate of drug-likeness (QED) is 0.939. The second kappa shape index (κ2) is 5.75. The predicted molar refractivity (Wildman–Crippen MR) is 69.3 cm³/mol. The van der Waals surface area contributed by atoms with Crippen LogP contribution >= 0.6 is 11.6 Å². The summed E-state index contributed by atoms with van der Waals surface area (Å²) < 4.78 is 13.5. The maximum Gasteiger partial charge on any atom is 0.254 e. The molecule has 1 aromatic heterocycles. The summed E-state index contributed by atoms with van der Waals surface area (Å²) in [7, 11) is 0. The highest BCUT2D eigenvalue weighted by Gasteiger charge is 2.12. The van der Waals surface area contributed by atoms with Crippen molar-refractivity contribution in [3.8, 4) is 0 Å². The number of hydrogen-bond donors (Lipinski definition) is 1. The van der Waals surface area contributed by atoms with Gasteiger partial charge in [0.1, 0.15) is 5.82 Å². The van der Waals surface area contributed by atoms with E-state index in [1.165, 1.54) is 12.1 Å². The summed E-state index contributed by atoms with van der Waals surface area (Å²) in [6.45, 7) is 1.99. The van der Waals surface area contributed by atoms with E-state index < -0.39 is 11.7 Å². The second-order valence-electron chi connectivity index (χ2n) is 3.96.